The highest BCUT2D eigenvalue weighted by atomic mass is 32.1. The predicted molar refractivity (Wildman–Crippen MR) is 105 cm³/mol. The number of carbonyl (C=O) groups excluding carboxylic acids is 1. The van der Waals surface area contributed by atoms with Crippen LogP contribution >= 0.6 is 11.3 Å². The maximum absolute atomic E-state index is 12.7. The predicted octanol–water partition coefficient (Wildman–Crippen LogP) is 3.21. The molecule has 2 aromatic rings. The number of aromatic nitrogens is 2. The first-order valence-corrected chi connectivity index (χ1v) is 11.0. The average molecular weight is 389 g/mol. The van der Waals surface area contributed by atoms with Crippen molar-refractivity contribution in [3.8, 4) is 0 Å². The summed E-state index contributed by atoms with van der Waals surface area (Å²) >= 11 is 1.62. The van der Waals surface area contributed by atoms with Crippen LogP contribution in [0.1, 0.15) is 65.1 Å². The van der Waals surface area contributed by atoms with Crippen molar-refractivity contribution in [2.75, 3.05) is 19.6 Å². The fourth-order valence-corrected chi connectivity index (χ4v) is 5.26. The maximum Gasteiger partial charge on any atom is 0.261 e. The quantitative estimate of drug-likeness (QED) is 0.823. The SMILES string of the molecule is CCc1nc(CN2CCCC(CNC(=O)c3scc4c3CCCC4)C2)no1. The van der Waals surface area contributed by atoms with E-state index >= 15 is 0 Å². The van der Waals surface area contributed by atoms with Crippen LogP contribution in [0.3, 0.4) is 0 Å². The molecule has 6 nitrogen and oxygen atoms in total. The fraction of sp³-hybridized carbons (Fsp3) is 0.650. The molecule has 1 saturated heterocycles. The van der Waals surface area contributed by atoms with E-state index in [1.54, 1.807) is 11.3 Å². The Kier molecular flexibility index (Phi) is 5.88. The summed E-state index contributed by atoms with van der Waals surface area (Å²) in [5.41, 5.74) is 2.70. The van der Waals surface area contributed by atoms with E-state index in [1.807, 2.05) is 6.92 Å². The zero-order valence-electron chi connectivity index (χ0n) is 16.0. The molecule has 7 heteroatoms. The van der Waals surface area contributed by atoms with Gasteiger partial charge in [-0.3, -0.25) is 9.69 Å². The molecule has 1 aliphatic carbocycles. The lowest BCUT2D eigenvalue weighted by molar-refractivity contribution is 0.0932. The van der Waals surface area contributed by atoms with Gasteiger partial charge >= 0.3 is 0 Å². The van der Waals surface area contributed by atoms with E-state index in [9.17, 15) is 4.79 Å². The molecule has 0 radical (unpaired) electrons. The molecule has 1 fully saturated rings. The molecule has 0 aromatic carbocycles. The van der Waals surface area contributed by atoms with Crippen molar-refractivity contribution in [3.63, 3.8) is 0 Å². The van der Waals surface area contributed by atoms with E-state index in [1.165, 1.54) is 24.0 Å². The Bertz CT molecular complexity index is 785. The van der Waals surface area contributed by atoms with Gasteiger partial charge in [0.05, 0.1) is 11.4 Å². The Morgan fingerprint density at radius 1 is 1.37 bits per heavy atom. The van der Waals surface area contributed by atoms with Crippen molar-refractivity contribution in [1.29, 1.82) is 0 Å². The van der Waals surface area contributed by atoms with E-state index in [0.29, 0.717) is 11.8 Å². The van der Waals surface area contributed by atoms with Crippen molar-refractivity contribution in [2.45, 2.75) is 58.4 Å². The second-order valence-electron chi connectivity index (χ2n) is 7.69. The molecule has 1 aliphatic heterocycles. The van der Waals surface area contributed by atoms with Crippen molar-refractivity contribution in [2.24, 2.45) is 5.92 Å². The Hall–Kier alpha value is -1.73. The second kappa shape index (κ2) is 8.52. The number of fused-ring (bicyclic) bond motifs is 1. The third kappa shape index (κ3) is 4.41. The lowest BCUT2D eigenvalue weighted by atomic mass is 9.93. The molecule has 4 rings (SSSR count). The largest absolute Gasteiger partial charge is 0.351 e. The van der Waals surface area contributed by atoms with Gasteiger partial charge in [-0.1, -0.05) is 12.1 Å². The lowest BCUT2D eigenvalue weighted by Gasteiger charge is -2.31. The third-order valence-corrected chi connectivity index (χ3v) is 6.71. The summed E-state index contributed by atoms with van der Waals surface area (Å²) in [6, 6.07) is 0. The van der Waals surface area contributed by atoms with Gasteiger partial charge in [-0.25, -0.2) is 0 Å². The summed E-state index contributed by atoms with van der Waals surface area (Å²) < 4.78 is 5.20. The molecule has 1 atom stereocenters. The summed E-state index contributed by atoms with van der Waals surface area (Å²) in [5, 5.41) is 9.44. The Labute approximate surface area is 164 Å². The Morgan fingerprint density at radius 2 is 2.26 bits per heavy atom. The zero-order chi connectivity index (χ0) is 18.6. The zero-order valence-corrected chi connectivity index (χ0v) is 16.8. The van der Waals surface area contributed by atoms with Gasteiger partial charge in [-0.15, -0.1) is 11.3 Å². The van der Waals surface area contributed by atoms with Crippen LogP contribution in [0.4, 0.5) is 0 Å². The number of hydrogen-bond acceptors (Lipinski definition) is 6. The van der Waals surface area contributed by atoms with Gasteiger partial charge < -0.3 is 9.84 Å². The summed E-state index contributed by atoms with van der Waals surface area (Å²) in [5.74, 6) is 2.06. The van der Waals surface area contributed by atoms with Crippen LogP contribution in [0.25, 0.3) is 0 Å². The number of nitrogens with zero attached hydrogens (tertiary/aromatic N) is 3. The summed E-state index contributed by atoms with van der Waals surface area (Å²) in [6.45, 7) is 5.51. The Morgan fingerprint density at radius 3 is 3.11 bits per heavy atom. The van der Waals surface area contributed by atoms with E-state index in [0.717, 1.165) is 69.0 Å². The molecule has 2 aliphatic rings. The van der Waals surface area contributed by atoms with E-state index in [-0.39, 0.29) is 5.91 Å². The monoisotopic (exact) mass is 388 g/mol. The van der Waals surface area contributed by atoms with Crippen LogP contribution < -0.4 is 5.32 Å². The van der Waals surface area contributed by atoms with Crippen LogP contribution in [0.5, 0.6) is 0 Å². The number of piperidine rings is 1. The molecule has 146 valence electrons. The summed E-state index contributed by atoms with van der Waals surface area (Å²) in [4.78, 5) is 20.4. The summed E-state index contributed by atoms with van der Waals surface area (Å²) in [7, 11) is 0. The minimum atomic E-state index is 0.117. The van der Waals surface area contributed by atoms with Gasteiger partial charge in [0.1, 0.15) is 0 Å². The van der Waals surface area contributed by atoms with Gasteiger partial charge in [0.15, 0.2) is 5.82 Å². The highest BCUT2D eigenvalue weighted by Gasteiger charge is 2.24. The van der Waals surface area contributed by atoms with Gasteiger partial charge in [-0.2, -0.15) is 4.98 Å². The minimum Gasteiger partial charge on any atom is -0.351 e. The molecule has 0 spiro atoms. The first-order valence-electron chi connectivity index (χ1n) is 10.1. The van der Waals surface area contributed by atoms with Crippen molar-refractivity contribution in [3.05, 3.63) is 33.1 Å². The Balaban J connectivity index is 1.29. The van der Waals surface area contributed by atoms with Gasteiger partial charge in [0.2, 0.25) is 5.89 Å². The highest BCUT2D eigenvalue weighted by molar-refractivity contribution is 7.12. The highest BCUT2D eigenvalue weighted by Crippen LogP contribution is 2.29. The van der Waals surface area contributed by atoms with Crippen molar-refractivity contribution >= 4 is 17.2 Å². The molecular formula is C20H28N4O2S. The molecule has 2 aromatic heterocycles. The number of aryl methyl sites for hydroxylation is 2. The smallest absolute Gasteiger partial charge is 0.261 e. The fourth-order valence-electron chi connectivity index (χ4n) is 4.19. The number of thiophene rings is 1. The molecule has 1 N–H and O–H groups in total. The topological polar surface area (TPSA) is 71.3 Å². The number of rotatable bonds is 6. The molecule has 0 bridgehead atoms. The van der Waals surface area contributed by atoms with Crippen LogP contribution in [-0.2, 0) is 25.8 Å². The molecular weight excluding hydrogens is 360 g/mol. The normalized spacial score (nSPS) is 20.4. The maximum atomic E-state index is 12.7. The van der Waals surface area contributed by atoms with E-state index in [4.69, 9.17) is 4.52 Å². The molecule has 1 unspecified atom stereocenters. The standard InChI is InChI=1S/C20H28N4O2S/c1-2-18-22-17(23-26-18)12-24-9-5-6-14(11-24)10-21-20(25)19-16-8-4-3-7-15(16)13-27-19/h13-14H,2-12H2,1H3,(H,21,25). The van der Waals surface area contributed by atoms with E-state index in [2.05, 4.69) is 25.7 Å². The van der Waals surface area contributed by atoms with Gasteiger partial charge in [0, 0.05) is 19.5 Å². The van der Waals surface area contributed by atoms with E-state index < -0.39 is 0 Å². The van der Waals surface area contributed by atoms with Gasteiger partial charge in [0.25, 0.3) is 5.91 Å². The van der Waals surface area contributed by atoms with Crippen LogP contribution in [-0.4, -0.2) is 40.6 Å². The number of hydrogen-bond donors (Lipinski definition) is 1. The number of carbonyl (C=O) groups is 1. The van der Waals surface area contributed by atoms with Crippen molar-refractivity contribution < 1.29 is 9.32 Å². The molecule has 27 heavy (non-hydrogen) atoms. The van der Waals surface area contributed by atoms with Crippen molar-refractivity contribution in [1.82, 2.24) is 20.4 Å². The van der Waals surface area contributed by atoms with Crippen LogP contribution in [0, 0.1) is 5.92 Å². The van der Waals surface area contributed by atoms with Crippen LogP contribution in [0.15, 0.2) is 9.90 Å². The van der Waals surface area contributed by atoms with Gasteiger partial charge in [-0.05, 0) is 67.5 Å². The number of nitrogens with one attached hydrogen (secondary N) is 1. The average Bonchev–Trinajstić information content (AvgIpc) is 3.33. The first-order chi connectivity index (χ1) is 13.2. The molecule has 3 heterocycles. The lowest BCUT2D eigenvalue weighted by Crippen LogP contribution is -2.40. The number of likely N-dealkylation sites (tertiary alicyclic amines) is 1. The molecule has 1 amide bonds. The number of amides is 1. The van der Waals surface area contributed by atoms with Crippen LogP contribution in [0.2, 0.25) is 0 Å². The third-order valence-electron chi connectivity index (χ3n) is 5.64. The minimum absolute atomic E-state index is 0.117. The summed E-state index contributed by atoms with van der Waals surface area (Å²) in [6.07, 6.45) is 7.73. The second-order valence-corrected chi connectivity index (χ2v) is 8.57. The molecule has 0 saturated carbocycles. The first kappa shape index (κ1) is 18.6.